The van der Waals surface area contributed by atoms with Gasteiger partial charge in [-0.3, -0.25) is 4.79 Å². The molecule has 0 unspecified atom stereocenters. The molecule has 0 atom stereocenters. The average molecular weight is 364 g/mol. The Morgan fingerprint density at radius 3 is 2.41 bits per heavy atom. The first-order valence-corrected chi connectivity index (χ1v) is 8.73. The van der Waals surface area contributed by atoms with Crippen molar-refractivity contribution in [1.29, 1.82) is 0 Å². The summed E-state index contributed by atoms with van der Waals surface area (Å²) in [6, 6.07) is 15.6. The minimum absolute atomic E-state index is 0.445. The van der Waals surface area contributed by atoms with Crippen LogP contribution < -0.4 is 15.2 Å². The van der Waals surface area contributed by atoms with Crippen molar-refractivity contribution in [1.82, 2.24) is 4.57 Å². The largest absolute Gasteiger partial charge is 0.497 e. The number of hydrogen-bond donors (Lipinski definition) is 1. The number of rotatable bonds is 6. The van der Waals surface area contributed by atoms with Crippen molar-refractivity contribution >= 4 is 5.91 Å². The summed E-state index contributed by atoms with van der Waals surface area (Å²) in [5.74, 6) is 0.974. The molecule has 0 aliphatic rings. The minimum Gasteiger partial charge on any atom is -0.497 e. The number of hydrogen-bond acceptors (Lipinski definition) is 3. The van der Waals surface area contributed by atoms with Gasteiger partial charge in [0, 0.05) is 17.8 Å². The third-order valence-corrected chi connectivity index (χ3v) is 4.90. The fraction of sp³-hybridized carbons (Fsp3) is 0.227. The van der Waals surface area contributed by atoms with Gasteiger partial charge in [-0.2, -0.15) is 0 Å². The number of aromatic nitrogens is 1. The Kier molecular flexibility index (Phi) is 5.21. The Bertz CT molecular complexity index is 989. The monoisotopic (exact) mass is 364 g/mol. The fourth-order valence-corrected chi connectivity index (χ4v) is 3.29. The van der Waals surface area contributed by atoms with Gasteiger partial charge in [0.15, 0.2) is 0 Å². The Hall–Kier alpha value is -3.21. The highest BCUT2D eigenvalue weighted by Crippen LogP contribution is 2.36. The van der Waals surface area contributed by atoms with Gasteiger partial charge in [0.2, 0.25) is 0 Å². The number of benzene rings is 2. The van der Waals surface area contributed by atoms with Crippen LogP contribution in [-0.2, 0) is 6.54 Å². The molecule has 0 aliphatic heterocycles. The molecule has 5 nitrogen and oxygen atoms in total. The van der Waals surface area contributed by atoms with E-state index in [-0.39, 0.29) is 0 Å². The standard InChI is InChI=1S/C22H24N2O3/c1-14-7-5-6-8-16(14)13-24-15(2)18(22(23)25)12-20(24)19-11-17(26-3)9-10-21(19)27-4/h5-12H,13H2,1-4H3,(H2,23,25). The molecule has 2 aromatic carbocycles. The number of primary amides is 1. The first kappa shape index (κ1) is 18.6. The van der Waals surface area contributed by atoms with E-state index in [1.165, 1.54) is 11.1 Å². The van der Waals surface area contributed by atoms with Gasteiger partial charge in [-0.05, 0) is 49.2 Å². The predicted octanol–water partition coefficient (Wildman–Crippen LogP) is 3.94. The molecular formula is C22H24N2O3. The van der Waals surface area contributed by atoms with Crippen molar-refractivity contribution in [3.8, 4) is 22.8 Å². The maximum absolute atomic E-state index is 12.0. The van der Waals surface area contributed by atoms with E-state index in [1.54, 1.807) is 14.2 Å². The second-order valence-corrected chi connectivity index (χ2v) is 6.47. The van der Waals surface area contributed by atoms with Gasteiger partial charge in [0.1, 0.15) is 11.5 Å². The quantitative estimate of drug-likeness (QED) is 0.720. The highest BCUT2D eigenvalue weighted by Gasteiger charge is 2.20. The first-order chi connectivity index (χ1) is 13.0. The van der Waals surface area contributed by atoms with Crippen LogP contribution >= 0.6 is 0 Å². The molecule has 1 aromatic heterocycles. The van der Waals surface area contributed by atoms with Crippen molar-refractivity contribution < 1.29 is 14.3 Å². The van der Waals surface area contributed by atoms with Gasteiger partial charge in [0.25, 0.3) is 5.91 Å². The Labute approximate surface area is 159 Å². The molecule has 0 bridgehead atoms. The topological polar surface area (TPSA) is 66.5 Å². The van der Waals surface area contributed by atoms with Crippen LogP contribution in [0, 0.1) is 13.8 Å². The maximum atomic E-state index is 12.0. The van der Waals surface area contributed by atoms with E-state index in [4.69, 9.17) is 15.2 Å². The molecule has 3 rings (SSSR count). The molecule has 0 fully saturated rings. The lowest BCUT2D eigenvalue weighted by Gasteiger charge is -2.16. The maximum Gasteiger partial charge on any atom is 0.250 e. The van der Waals surface area contributed by atoms with E-state index >= 15 is 0 Å². The van der Waals surface area contributed by atoms with Crippen LogP contribution in [0.15, 0.2) is 48.5 Å². The SMILES string of the molecule is COc1ccc(OC)c(-c2cc(C(N)=O)c(C)n2Cc2ccccc2C)c1. The molecule has 3 aromatic rings. The number of aryl methyl sites for hydroxylation is 1. The number of carbonyl (C=O) groups is 1. The van der Waals surface area contributed by atoms with Crippen LogP contribution in [0.3, 0.4) is 0 Å². The van der Waals surface area contributed by atoms with Crippen LogP contribution in [0.1, 0.15) is 27.2 Å². The molecule has 0 aliphatic carbocycles. The summed E-state index contributed by atoms with van der Waals surface area (Å²) in [5, 5.41) is 0. The fourth-order valence-electron chi connectivity index (χ4n) is 3.29. The summed E-state index contributed by atoms with van der Waals surface area (Å²) < 4.78 is 13.0. The van der Waals surface area contributed by atoms with Crippen molar-refractivity contribution in [2.45, 2.75) is 20.4 Å². The molecule has 0 radical (unpaired) electrons. The second kappa shape index (κ2) is 7.58. The lowest BCUT2D eigenvalue weighted by atomic mass is 10.1. The average Bonchev–Trinajstić information content (AvgIpc) is 2.99. The first-order valence-electron chi connectivity index (χ1n) is 8.73. The van der Waals surface area contributed by atoms with E-state index in [2.05, 4.69) is 23.6 Å². The molecule has 0 saturated carbocycles. The van der Waals surface area contributed by atoms with E-state index in [0.29, 0.717) is 23.6 Å². The summed E-state index contributed by atoms with van der Waals surface area (Å²) in [7, 11) is 3.25. The number of amides is 1. The van der Waals surface area contributed by atoms with Crippen molar-refractivity contribution in [2.75, 3.05) is 14.2 Å². The summed E-state index contributed by atoms with van der Waals surface area (Å²) in [4.78, 5) is 12.0. The summed E-state index contributed by atoms with van der Waals surface area (Å²) in [5.41, 5.74) is 11.0. The number of ether oxygens (including phenoxy) is 2. The number of nitrogens with zero attached hydrogens (tertiary/aromatic N) is 1. The highest BCUT2D eigenvalue weighted by atomic mass is 16.5. The van der Waals surface area contributed by atoms with Gasteiger partial charge in [-0.25, -0.2) is 0 Å². The van der Waals surface area contributed by atoms with Crippen molar-refractivity contribution in [2.24, 2.45) is 5.73 Å². The number of methoxy groups -OCH3 is 2. The molecular weight excluding hydrogens is 340 g/mol. The van der Waals surface area contributed by atoms with Gasteiger partial charge in [-0.15, -0.1) is 0 Å². The molecule has 0 saturated heterocycles. The van der Waals surface area contributed by atoms with Crippen LogP contribution in [0.4, 0.5) is 0 Å². The molecule has 5 heteroatoms. The molecule has 0 spiro atoms. The van der Waals surface area contributed by atoms with E-state index in [9.17, 15) is 4.79 Å². The third-order valence-electron chi connectivity index (χ3n) is 4.90. The predicted molar refractivity (Wildman–Crippen MR) is 107 cm³/mol. The van der Waals surface area contributed by atoms with Crippen LogP contribution in [0.2, 0.25) is 0 Å². The third kappa shape index (κ3) is 3.53. The number of carbonyl (C=O) groups excluding carboxylic acids is 1. The van der Waals surface area contributed by atoms with Gasteiger partial charge in [-0.1, -0.05) is 24.3 Å². The van der Waals surface area contributed by atoms with Gasteiger partial charge < -0.3 is 19.8 Å². The lowest BCUT2D eigenvalue weighted by molar-refractivity contribution is 0.0999. The zero-order valence-electron chi connectivity index (χ0n) is 16.1. The zero-order chi connectivity index (χ0) is 19.6. The van der Waals surface area contributed by atoms with Crippen LogP contribution in [0.25, 0.3) is 11.3 Å². The molecule has 140 valence electrons. The molecule has 27 heavy (non-hydrogen) atoms. The van der Waals surface area contributed by atoms with E-state index in [1.807, 2.05) is 43.3 Å². The van der Waals surface area contributed by atoms with Gasteiger partial charge >= 0.3 is 0 Å². The smallest absolute Gasteiger partial charge is 0.250 e. The molecule has 2 N–H and O–H groups in total. The number of nitrogens with two attached hydrogens (primary N) is 1. The van der Waals surface area contributed by atoms with Crippen LogP contribution in [0.5, 0.6) is 11.5 Å². The van der Waals surface area contributed by atoms with Crippen molar-refractivity contribution in [3.05, 3.63) is 70.9 Å². The van der Waals surface area contributed by atoms with E-state index < -0.39 is 5.91 Å². The Morgan fingerprint density at radius 1 is 1.04 bits per heavy atom. The normalized spacial score (nSPS) is 10.7. The second-order valence-electron chi connectivity index (χ2n) is 6.47. The summed E-state index contributed by atoms with van der Waals surface area (Å²) in [6.45, 7) is 4.62. The summed E-state index contributed by atoms with van der Waals surface area (Å²) in [6.07, 6.45) is 0. The Balaban J connectivity index is 2.22. The minimum atomic E-state index is -0.445. The zero-order valence-corrected chi connectivity index (χ0v) is 16.1. The molecule has 1 heterocycles. The Morgan fingerprint density at radius 2 is 1.78 bits per heavy atom. The lowest BCUT2D eigenvalue weighted by Crippen LogP contribution is -2.13. The summed E-state index contributed by atoms with van der Waals surface area (Å²) >= 11 is 0. The van der Waals surface area contributed by atoms with Crippen molar-refractivity contribution in [3.63, 3.8) is 0 Å². The van der Waals surface area contributed by atoms with Gasteiger partial charge in [0.05, 0.1) is 25.5 Å². The van der Waals surface area contributed by atoms with Crippen LogP contribution in [-0.4, -0.2) is 24.7 Å². The van der Waals surface area contributed by atoms with E-state index in [0.717, 1.165) is 17.0 Å². The highest BCUT2D eigenvalue weighted by molar-refractivity contribution is 5.96. The molecule has 1 amide bonds.